The van der Waals surface area contributed by atoms with Gasteiger partial charge in [0.1, 0.15) is 11.5 Å². The van der Waals surface area contributed by atoms with Crippen LogP contribution >= 0.6 is 11.3 Å². The van der Waals surface area contributed by atoms with Crippen molar-refractivity contribution in [3.8, 4) is 0 Å². The van der Waals surface area contributed by atoms with Crippen LogP contribution in [0.25, 0.3) is 0 Å². The molecule has 1 rings (SSSR count). The van der Waals surface area contributed by atoms with Gasteiger partial charge < -0.3 is 10.5 Å². The summed E-state index contributed by atoms with van der Waals surface area (Å²) in [4.78, 5) is 15.5. The van der Waals surface area contributed by atoms with Gasteiger partial charge in [-0.05, 0) is 6.92 Å². The van der Waals surface area contributed by atoms with Crippen LogP contribution in [0.2, 0.25) is 0 Å². The Labute approximate surface area is 97.4 Å². The molecule has 8 heteroatoms. The van der Waals surface area contributed by atoms with Gasteiger partial charge in [0, 0.05) is 12.8 Å². The van der Waals surface area contributed by atoms with Crippen molar-refractivity contribution in [2.75, 3.05) is 19.4 Å². The molecule has 0 bridgehead atoms. The van der Waals surface area contributed by atoms with E-state index in [0.717, 1.165) is 17.6 Å². The third-order valence-electron chi connectivity index (χ3n) is 1.63. The van der Waals surface area contributed by atoms with Crippen molar-refractivity contribution in [1.82, 2.24) is 4.98 Å². The molecule has 1 aromatic rings. The van der Waals surface area contributed by atoms with Gasteiger partial charge in [0.05, 0.1) is 5.69 Å². The third-order valence-corrected chi connectivity index (χ3v) is 4.45. The van der Waals surface area contributed by atoms with Gasteiger partial charge in [0.25, 0.3) is 0 Å². The number of hydrogen-bond donors (Lipinski definition) is 1. The van der Waals surface area contributed by atoms with E-state index in [2.05, 4.69) is 4.98 Å². The smallest absolute Gasteiger partial charge is 0.350 e. The fourth-order valence-electron chi connectivity index (χ4n) is 0.937. The van der Waals surface area contributed by atoms with Crippen LogP contribution < -0.4 is 5.73 Å². The Kier molecular flexibility index (Phi) is 4.00. The number of hydrogen-bond acceptors (Lipinski definition) is 7. The molecule has 0 aliphatic heterocycles. The van der Waals surface area contributed by atoms with Crippen LogP contribution in [0.3, 0.4) is 0 Å². The summed E-state index contributed by atoms with van der Waals surface area (Å²) in [5, 5.41) is 0. The summed E-state index contributed by atoms with van der Waals surface area (Å²) in [5.41, 5.74) is 5.54. The van der Waals surface area contributed by atoms with Crippen LogP contribution in [0.15, 0.2) is 4.34 Å². The Hall–Kier alpha value is -0.990. The van der Waals surface area contributed by atoms with Crippen molar-refractivity contribution in [2.24, 2.45) is 5.73 Å². The molecule has 0 fully saturated rings. The SMILES string of the molecule is Cc1nc(S(C)(=O)=O)sc1C(=O)OCCN. The number of aryl methyl sites for hydroxylation is 1. The fourth-order valence-corrected chi connectivity index (χ4v) is 2.79. The molecular weight excluding hydrogens is 252 g/mol. The van der Waals surface area contributed by atoms with E-state index in [1.54, 1.807) is 6.92 Å². The van der Waals surface area contributed by atoms with Crippen LogP contribution in [0.1, 0.15) is 15.4 Å². The number of carbonyl (C=O) groups excluding carboxylic acids is 1. The molecule has 0 aromatic carbocycles. The van der Waals surface area contributed by atoms with Gasteiger partial charge in [0.15, 0.2) is 0 Å². The van der Waals surface area contributed by atoms with E-state index >= 15 is 0 Å². The molecule has 0 radical (unpaired) electrons. The second kappa shape index (κ2) is 4.89. The van der Waals surface area contributed by atoms with Crippen molar-refractivity contribution in [1.29, 1.82) is 0 Å². The Morgan fingerprint density at radius 3 is 2.62 bits per heavy atom. The molecule has 1 aromatic heterocycles. The number of ether oxygens (including phenoxy) is 1. The zero-order chi connectivity index (χ0) is 12.3. The standard InChI is InChI=1S/C8H12N2O4S2/c1-5-6(7(11)14-4-3-9)15-8(10-5)16(2,12)13/h3-4,9H2,1-2H3. The Morgan fingerprint density at radius 2 is 2.19 bits per heavy atom. The highest BCUT2D eigenvalue weighted by Gasteiger charge is 2.21. The topological polar surface area (TPSA) is 99.3 Å². The highest BCUT2D eigenvalue weighted by atomic mass is 32.2. The lowest BCUT2D eigenvalue weighted by atomic mass is 10.4. The second-order valence-electron chi connectivity index (χ2n) is 3.09. The number of rotatable bonds is 4. The normalized spacial score (nSPS) is 11.4. The number of nitrogens with zero attached hydrogens (tertiary/aromatic N) is 1. The van der Waals surface area contributed by atoms with Gasteiger partial charge in [-0.3, -0.25) is 0 Å². The average Bonchev–Trinajstić information content (AvgIpc) is 2.56. The Bertz CT molecular complexity index is 492. The minimum Gasteiger partial charge on any atom is -0.460 e. The van der Waals surface area contributed by atoms with Crippen LogP contribution in [-0.4, -0.2) is 38.8 Å². The Morgan fingerprint density at radius 1 is 1.56 bits per heavy atom. The van der Waals surface area contributed by atoms with Crippen LogP contribution in [0.5, 0.6) is 0 Å². The minimum atomic E-state index is -3.38. The zero-order valence-electron chi connectivity index (χ0n) is 8.89. The predicted octanol–water partition coefficient (Wildman–Crippen LogP) is -0.0295. The van der Waals surface area contributed by atoms with E-state index in [0.29, 0.717) is 5.69 Å². The van der Waals surface area contributed by atoms with E-state index in [4.69, 9.17) is 10.5 Å². The molecule has 0 atom stereocenters. The van der Waals surface area contributed by atoms with Gasteiger partial charge in [-0.2, -0.15) is 0 Å². The molecule has 0 aliphatic rings. The molecule has 0 aliphatic carbocycles. The van der Waals surface area contributed by atoms with E-state index in [9.17, 15) is 13.2 Å². The van der Waals surface area contributed by atoms with Crippen molar-refractivity contribution >= 4 is 27.1 Å². The van der Waals surface area contributed by atoms with Crippen molar-refractivity contribution in [3.63, 3.8) is 0 Å². The Balaban J connectivity index is 2.99. The van der Waals surface area contributed by atoms with Gasteiger partial charge in [0.2, 0.25) is 14.2 Å². The predicted molar refractivity (Wildman–Crippen MR) is 59.3 cm³/mol. The summed E-state index contributed by atoms with van der Waals surface area (Å²) in [6, 6.07) is 0. The largest absolute Gasteiger partial charge is 0.460 e. The number of thiazole rings is 1. The molecule has 6 nitrogen and oxygen atoms in total. The quantitative estimate of drug-likeness (QED) is 0.767. The first-order valence-electron chi connectivity index (χ1n) is 4.41. The summed E-state index contributed by atoms with van der Waals surface area (Å²) < 4.78 is 27.1. The third kappa shape index (κ3) is 3.00. The average molecular weight is 264 g/mol. The minimum absolute atomic E-state index is 0.0790. The summed E-state index contributed by atoms with van der Waals surface area (Å²) in [6.07, 6.45) is 1.04. The maximum atomic E-state index is 11.5. The summed E-state index contributed by atoms with van der Waals surface area (Å²) in [5.74, 6) is -0.588. The molecular formula is C8H12N2O4S2. The summed E-state index contributed by atoms with van der Waals surface area (Å²) >= 11 is 0.811. The van der Waals surface area contributed by atoms with Gasteiger partial charge in [-0.1, -0.05) is 11.3 Å². The summed E-state index contributed by atoms with van der Waals surface area (Å²) in [7, 11) is -3.38. The number of aromatic nitrogens is 1. The van der Waals surface area contributed by atoms with Crippen LogP contribution in [0.4, 0.5) is 0 Å². The highest BCUT2D eigenvalue weighted by molar-refractivity contribution is 7.92. The molecule has 0 amide bonds. The molecule has 2 N–H and O–H groups in total. The van der Waals surface area contributed by atoms with E-state index in [1.807, 2.05) is 0 Å². The van der Waals surface area contributed by atoms with Crippen molar-refractivity contribution < 1.29 is 17.9 Å². The molecule has 1 heterocycles. The lowest BCUT2D eigenvalue weighted by Gasteiger charge is -1.99. The van der Waals surface area contributed by atoms with Crippen LogP contribution in [-0.2, 0) is 14.6 Å². The first-order chi connectivity index (χ1) is 7.36. The molecule has 0 unspecified atom stereocenters. The molecule has 90 valence electrons. The number of sulfone groups is 1. The van der Waals surface area contributed by atoms with E-state index in [1.165, 1.54) is 0 Å². The number of esters is 1. The van der Waals surface area contributed by atoms with Crippen molar-refractivity contribution in [3.05, 3.63) is 10.6 Å². The monoisotopic (exact) mass is 264 g/mol. The number of carbonyl (C=O) groups is 1. The summed E-state index contributed by atoms with van der Waals surface area (Å²) in [6.45, 7) is 1.89. The molecule has 16 heavy (non-hydrogen) atoms. The highest BCUT2D eigenvalue weighted by Crippen LogP contribution is 2.22. The van der Waals surface area contributed by atoms with Crippen molar-refractivity contribution in [2.45, 2.75) is 11.3 Å². The van der Waals surface area contributed by atoms with E-state index in [-0.39, 0.29) is 22.4 Å². The fraction of sp³-hybridized carbons (Fsp3) is 0.500. The molecule has 0 spiro atoms. The second-order valence-corrected chi connectivity index (χ2v) is 6.28. The maximum Gasteiger partial charge on any atom is 0.350 e. The lowest BCUT2D eigenvalue weighted by Crippen LogP contribution is -2.13. The lowest BCUT2D eigenvalue weighted by molar-refractivity contribution is 0.0521. The first kappa shape index (κ1) is 13.1. The van der Waals surface area contributed by atoms with Crippen LogP contribution in [0, 0.1) is 6.92 Å². The maximum absolute atomic E-state index is 11.5. The van der Waals surface area contributed by atoms with Gasteiger partial charge in [-0.25, -0.2) is 18.2 Å². The zero-order valence-corrected chi connectivity index (χ0v) is 10.5. The first-order valence-corrected chi connectivity index (χ1v) is 7.11. The molecule has 0 saturated heterocycles. The molecule has 0 saturated carbocycles. The van der Waals surface area contributed by atoms with E-state index < -0.39 is 15.8 Å². The van der Waals surface area contributed by atoms with Gasteiger partial charge >= 0.3 is 5.97 Å². The van der Waals surface area contributed by atoms with Gasteiger partial charge in [-0.15, -0.1) is 0 Å². The number of nitrogens with two attached hydrogens (primary N) is 1.